The highest BCUT2D eigenvalue weighted by molar-refractivity contribution is 7.99. The monoisotopic (exact) mass is 265 g/mol. The Kier molecular flexibility index (Phi) is 7.45. The Morgan fingerprint density at radius 1 is 1.17 bits per heavy atom. The summed E-state index contributed by atoms with van der Waals surface area (Å²) >= 11 is 2.04. The van der Waals surface area contributed by atoms with Crippen molar-refractivity contribution in [1.82, 2.24) is 5.32 Å². The molecular weight excluding hydrogens is 238 g/mol. The van der Waals surface area contributed by atoms with E-state index in [1.54, 1.807) is 0 Å². The lowest BCUT2D eigenvalue weighted by atomic mass is 10.1. The van der Waals surface area contributed by atoms with Gasteiger partial charge in [0.05, 0.1) is 0 Å². The van der Waals surface area contributed by atoms with Crippen molar-refractivity contribution in [2.75, 3.05) is 6.54 Å². The maximum atomic E-state index is 3.65. The lowest BCUT2D eigenvalue weighted by Gasteiger charge is -2.18. The van der Waals surface area contributed by atoms with Crippen molar-refractivity contribution < 1.29 is 0 Å². The molecule has 1 unspecified atom stereocenters. The molecule has 1 aromatic rings. The fourth-order valence-corrected chi connectivity index (χ4v) is 2.98. The van der Waals surface area contributed by atoms with Crippen LogP contribution in [0.25, 0.3) is 0 Å². The maximum Gasteiger partial charge on any atom is 0.0190 e. The van der Waals surface area contributed by atoms with Crippen molar-refractivity contribution in [1.29, 1.82) is 0 Å². The Bertz CT molecular complexity index is 334. The van der Waals surface area contributed by atoms with Crippen LogP contribution in [0.3, 0.4) is 0 Å². The minimum atomic E-state index is 0.671. The molecule has 0 radical (unpaired) electrons. The number of nitrogens with one attached hydrogen (secondary N) is 1. The summed E-state index contributed by atoms with van der Waals surface area (Å²) in [5, 5.41) is 4.32. The van der Waals surface area contributed by atoms with Gasteiger partial charge >= 0.3 is 0 Å². The van der Waals surface area contributed by atoms with Gasteiger partial charge < -0.3 is 5.32 Å². The minimum absolute atomic E-state index is 0.671. The van der Waals surface area contributed by atoms with E-state index in [-0.39, 0.29) is 0 Å². The molecule has 0 spiro atoms. The van der Waals surface area contributed by atoms with Gasteiger partial charge in [-0.25, -0.2) is 0 Å². The average Bonchev–Trinajstić information content (AvgIpc) is 2.39. The van der Waals surface area contributed by atoms with E-state index in [1.807, 2.05) is 11.8 Å². The van der Waals surface area contributed by atoms with E-state index in [2.05, 4.69) is 57.3 Å². The second kappa shape index (κ2) is 8.60. The van der Waals surface area contributed by atoms with Crippen LogP contribution < -0.4 is 5.32 Å². The van der Waals surface area contributed by atoms with Crippen LogP contribution in [0.1, 0.15) is 44.7 Å². The highest BCUT2D eigenvalue weighted by Gasteiger charge is 2.07. The summed E-state index contributed by atoms with van der Waals surface area (Å²) in [4.78, 5) is 0. The molecule has 1 nitrogen and oxygen atoms in total. The van der Waals surface area contributed by atoms with Gasteiger partial charge in [-0.2, -0.15) is 11.8 Å². The van der Waals surface area contributed by atoms with Crippen LogP contribution in [0.15, 0.2) is 24.3 Å². The fraction of sp³-hybridized carbons (Fsp3) is 0.625. The van der Waals surface area contributed by atoms with Crippen molar-refractivity contribution in [3.8, 4) is 0 Å². The van der Waals surface area contributed by atoms with Crippen molar-refractivity contribution in [3.05, 3.63) is 35.4 Å². The average molecular weight is 265 g/mol. The predicted molar refractivity (Wildman–Crippen MR) is 84.3 cm³/mol. The Morgan fingerprint density at radius 2 is 1.83 bits per heavy atom. The molecule has 2 heteroatoms. The van der Waals surface area contributed by atoms with Gasteiger partial charge in [0.15, 0.2) is 0 Å². The molecule has 0 aromatic heterocycles. The normalized spacial score (nSPS) is 12.9. The van der Waals surface area contributed by atoms with Gasteiger partial charge in [0, 0.05) is 23.6 Å². The zero-order valence-electron chi connectivity index (χ0n) is 12.2. The molecule has 1 atom stereocenters. The SMILES string of the molecule is CCC(CC)NCC(C)SCc1ccccc1C. The minimum Gasteiger partial charge on any atom is -0.313 e. The smallest absolute Gasteiger partial charge is 0.0190 e. The van der Waals surface area contributed by atoms with Gasteiger partial charge in [-0.15, -0.1) is 0 Å². The lowest BCUT2D eigenvalue weighted by Crippen LogP contribution is -2.32. The molecule has 0 aliphatic heterocycles. The summed E-state index contributed by atoms with van der Waals surface area (Å²) < 4.78 is 0. The first-order chi connectivity index (χ1) is 8.67. The molecule has 1 aromatic carbocycles. The molecule has 0 fully saturated rings. The van der Waals surface area contributed by atoms with Crippen LogP contribution in [0, 0.1) is 6.92 Å². The maximum absolute atomic E-state index is 3.65. The molecule has 0 saturated carbocycles. The Labute approximate surface area is 117 Å². The molecule has 1 rings (SSSR count). The lowest BCUT2D eigenvalue weighted by molar-refractivity contribution is 0.488. The molecule has 18 heavy (non-hydrogen) atoms. The standard InChI is InChI=1S/C16H27NS/c1-5-16(6-2)17-11-14(4)18-12-15-10-8-7-9-13(15)3/h7-10,14,16-17H,5-6,11-12H2,1-4H3. The van der Waals surface area contributed by atoms with Crippen LogP contribution in [0.4, 0.5) is 0 Å². The summed E-state index contributed by atoms with van der Waals surface area (Å²) in [7, 11) is 0. The third kappa shape index (κ3) is 5.45. The van der Waals surface area contributed by atoms with Crippen LogP contribution in [-0.4, -0.2) is 17.8 Å². The predicted octanol–water partition coefficient (Wildman–Crippen LogP) is 4.39. The topological polar surface area (TPSA) is 12.0 Å². The summed E-state index contributed by atoms with van der Waals surface area (Å²) in [6.07, 6.45) is 2.46. The molecule has 0 amide bonds. The first kappa shape index (κ1) is 15.6. The van der Waals surface area contributed by atoms with Crippen LogP contribution in [0.5, 0.6) is 0 Å². The van der Waals surface area contributed by atoms with Gasteiger partial charge in [-0.3, -0.25) is 0 Å². The molecule has 0 saturated heterocycles. The number of rotatable bonds is 8. The van der Waals surface area contributed by atoms with Crippen molar-refractivity contribution in [3.63, 3.8) is 0 Å². The Balaban J connectivity index is 2.29. The van der Waals surface area contributed by atoms with Crippen molar-refractivity contribution >= 4 is 11.8 Å². The van der Waals surface area contributed by atoms with Gasteiger partial charge in [-0.1, -0.05) is 45.0 Å². The zero-order valence-corrected chi connectivity index (χ0v) is 13.0. The van der Waals surface area contributed by atoms with Gasteiger partial charge in [0.2, 0.25) is 0 Å². The number of benzene rings is 1. The number of hydrogen-bond donors (Lipinski definition) is 1. The largest absolute Gasteiger partial charge is 0.313 e. The van der Waals surface area contributed by atoms with E-state index >= 15 is 0 Å². The van der Waals surface area contributed by atoms with E-state index in [0.29, 0.717) is 11.3 Å². The van der Waals surface area contributed by atoms with E-state index in [4.69, 9.17) is 0 Å². The number of hydrogen-bond acceptors (Lipinski definition) is 2. The van der Waals surface area contributed by atoms with Crippen molar-refractivity contribution in [2.45, 2.75) is 57.6 Å². The fourth-order valence-electron chi connectivity index (χ4n) is 1.97. The zero-order chi connectivity index (χ0) is 13.4. The molecule has 1 N–H and O–H groups in total. The molecule has 0 heterocycles. The van der Waals surface area contributed by atoms with Crippen LogP contribution >= 0.6 is 11.8 Å². The van der Waals surface area contributed by atoms with Crippen molar-refractivity contribution in [2.24, 2.45) is 0 Å². The number of thioether (sulfide) groups is 1. The molecular formula is C16H27NS. The quantitative estimate of drug-likeness (QED) is 0.748. The van der Waals surface area contributed by atoms with E-state index < -0.39 is 0 Å². The first-order valence-electron chi connectivity index (χ1n) is 7.06. The molecule has 0 bridgehead atoms. The van der Waals surface area contributed by atoms with Gasteiger partial charge in [-0.05, 0) is 30.9 Å². The molecule has 0 aliphatic rings. The highest BCUT2D eigenvalue weighted by atomic mass is 32.2. The summed E-state index contributed by atoms with van der Waals surface area (Å²) in [5.41, 5.74) is 2.88. The summed E-state index contributed by atoms with van der Waals surface area (Å²) in [6.45, 7) is 10.1. The van der Waals surface area contributed by atoms with E-state index in [9.17, 15) is 0 Å². The van der Waals surface area contributed by atoms with Gasteiger partial charge in [0.1, 0.15) is 0 Å². The Hall–Kier alpha value is -0.470. The van der Waals surface area contributed by atoms with Crippen LogP contribution in [-0.2, 0) is 5.75 Å². The van der Waals surface area contributed by atoms with Gasteiger partial charge in [0.25, 0.3) is 0 Å². The van der Waals surface area contributed by atoms with E-state index in [0.717, 1.165) is 12.3 Å². The second-order valence-corrected chi connectivity index (χ2v) is 6.40. The molecule has 0 aliphatic carbocycles. The highest BCUT2D eigenvalue weighted by Crippen LogP contribution is 2.19. The third-order valence-corrected chi connectivity index (χ3v) is 4.68. The number of aryl methyl sites for hydroxylation is 1. The Morgan fingerprint density at radius 3 is 2.44 bits per heavy atom. The third-order valence-electron chi connectivity index (χ3n) is 3.46. The first-order valence-corrected chi connectivity index (χ1v) is 8.11. The summed E-state index contributed by atoms with van der Waals surface area (Å²) in [6, 6.07) is 9.37. The second-order valence-electron chi connectivity index (χ2n) is 4.97. The van der Waals surface area contributed by atoms with Crippen LogP contribution in [0.2, 0.25) is 0 Å². The molecule has 102 valence electrons. The summed E-state index contributed by atoms with van der Waals surface area (Å²) in [5.74, 6) is 1.12. The van der Waals surface area contributed by atoms with E-state index in [1.165, 1.54) is 24.0 Å².